The summed E-state index contributed by atoms with van der Waals surface area (Å²) in [7, 11) is 3.87. The Morgan fingerprint density at radius 3 is 2.92 bits per heavy atom. The molecule has 1 N–H and O–H groups in total. The predicted octanol–water partition coefficient (Wildman–Crippen LogP) is 3.99. The van der Waals surface area contributed by atoms with Gasteiger partial charge < -0.3 is 15.0 Å². The number of rotatable bonds is 8. The number of nitrogens with zero attached hydrogens (tertiary/aromatic N) is 3. The smallest absolute Gasteiger partial charge is 0.213 e. The van der Waals surface area contributed by atoms with Gasteiger partial charge in [-0.05, 0) is 50.2 Å². The fraction of sp³-hybridized carbons (Fsp3) is 0.579. The van der Waals surface area contributed by atoms with Crippen LogP contribution in [-0.2, 0) is 6.54 Å². The van der Waals surface area contributed by atoms with Crippen molar-refractivity contribution in [1.29, 1.82) is 0 Å². The number of hydrogen-bond donors (Lipinski definition) is 1. The molecule has 1 aliphatic rings. The first-order valence-electron chi connectivity index (χ1n) is 8.87. The molecule has 2 rings (SSSR count). The zero-order valence-electron chi connectivity index (χ0n) is 15.4. The third-order valence-corrected chi connectivity index (χ3v) is 4.31. The highest BCUT2D eigenvalue weighted by Crippen LogP contribution is 2.23. The summed E-state index contributed by atoms with van der Waals surface area (Å²) in [6, 6.07) is 4.04. The highest BCUT2D eigenvalue weighted by atomic mass is 127. The van der Waals surface area contributed by atoms with Gasteiger partial charge in [0, 0.05) is 39.4 Å². The molecular weight excluding hydrogens is 427 g/mol. The van der Waals surface area contributed by atoms with Crippen LogP contribution in [-0.4, -0.2) is 42.6 Å². The molecule has 0 aliphatic heterocycles. The second-order valence-electron chi connectivity index (χ2n) is 6.28. The Kier molecular flexibility index (Phi) is 10.5. The highest BCUT2D eigenvalue weighted by Gasteiger charge is 2.17. The second-order valence-corrected chi connectivity index (χ2v) is 6.28. The molecule has 0 spiro atoms. The van der Waals surface area contributed by atoms with E-state index in [2.05, 4.69) is 33.8 Å². The quantitative estimate of drug-likeness (QED) is 0.211. The van der Waals surface area contributed by atoms with Crippen LogP contribution < -0.4 is 10.1 Å². The van der Waals surface area contributed by atoms with Crippen molar-refractivity contribution in [2.75, 3.05) is 20.6 Å². The van der Waals surface area contributed by atoms with Crippen LogP contribution in [0.25, 0.3) is 0 Å². The van der Waals surface area contributed by atoms with Crippen molar-refractivity contribution in [3.63, 3.8) is 0 Å². The minimum absolute atomic E-state index is 0. The number of nitrogens with one attached hydrogen (secondary N) is 1. The van der Waals surface area contributed by atoms with Gasteiger partial charge in [-0.1, -0.05) is 6.08 Å². The number of unbranched alkanes of at least 4 members (excludes halogenated alkanes) is 1. The summed E-state index contributed by atoms with van der Waals surface area (Å²) in [5.74, 6) is 1.63. The average molecular weight is 458 g/mol. The topological polar surface area (TPSA) is 49.8 Å². The van der Waals surface area contributed by atoms with Crippen LogP contribution in [0.5, 0.6) is 5.88 Å². The molecule has 6 heteroatoms. The first kappa shape index (κ1) is 21.7. The molecule has 1 fully saturated rings. The Balaban J connectivity index is 0.00000312. The lowest BCUT2D eigenvalue weighted by Crippen LogP contribution is -2.38. The zero-order valence-corrected chi connectivity index (χ0v) is 17.7. The zero-order chi connectivity index (χ0) is 17.2. The average Bonchev–Trinajstić information content (AvgIpc) is 3.09. The van der Waals surface area contributed by atoms with Gasteiger partial charge in [0.05, 0.1) is 0 Å². The van der Waals surface area contributed by atoms with E-state index < -0.39 is 0 Å². The van der Waals surface area contributed by atoms with Crippen LogP contribution in [0.1, 0.15) is 44.1 Å². The molecule has 5 nitrogen and oxygen atoms in total. The van der Waals surface area contributed by atoms with E-state index in [4.69, 9.17) is 4.74 Å². The monoisotopic (exact) mass is 458 g/mol. The number of guanidine groups is 1. The van der Waals surface area contributed by atoms with Gasteiger partial charge in [-0.25, -0.2) is 4.98 Å². The first-order chi connectivity index (χ1) is 11.7. The van der Waals surface area contributed by atoms with Crippen molar-refractivity contribution < 1.29 is 4.74 Å². The molecular formula is C19H31IN4O. The van der Waals surface area contributed by atoms with Gasteiger partial charge in [-0.3, -0.25) is 4.99 Å². The van der Waals surface area contributed by atoms with E-state index in [0.29, 0.717) is 12.6 Å². The van der Waals surface area contributed by atoms with Gasteiger partial charge in [0.25, 0.3) is 0 Å². The second kappa shape index (κ2) is 12.1. The molecule has 140 valence electrons. The van der Waals surface area contributed by atoms with Crippen LogP contribution in [0.4, 0.5) is 0 Å². The number of hydrogen-bond acceptors (Lipinski definition) is 3. The number of halogens is 1. The van der Waals surface area contributed by atoms with Gasteiger partial charge in [0.1, 0.15) is 6.10 Å². The summed E-state index contributed by atoms with van der Waals surface area (Å²) in [5.41, 5.74) is 1.15. The lowest BCUT2D eigenvalue weighted by Gasteiger charge is -2.22. The molecule has 0 amide bonds. The lowest BCUT2D eigenvalue weighted by atomic mass is 10.2. The number of aromatic nitrogens is 1. The van der Waals surface area contributed by atoms with E-state index in [1.165, 1.54) is 12.8 Å². The van der Waals surface area contributed by atoms with Gasteiger partial charge in [0.15, 0.2) is 5.96 Å². The number of aliphatic imine (C=N–C) groups is 1. The first-order valence-corrected chi connectivity index (χ1v) is 8.87. The molecule has 1 heterocycles. The molecule has 0 unspecified atom stereocenters. The van der Waals surface area contributed by atoms with Crippen LogP contribution in [0.15, 0.2) is 36.0 Å². The van der Waals surface area contributed by atoms with E-state index in [0.717, 1.165) is 49.6 Å². The van der Waals surface area contributed by atoms with E-state index in [-0.39, 0.29) is 24.0 Å². The molecule has 25 heavy (non-hydrogen) atoms. The summed E-state index contributed by atoms with van der Waals surface area (Å²) in [4.78, 5) is 10.8. The van der Waals surface area contributed by atoms with Crippen molar-refractivity contribution in [1.82, 2.24) is 15.2 Å². The molecule has 1 saturated carbocycles. The molecule has 0 bridgehead atoms. The Hall–Kier alpha value is -1.31. The number of ether oxygens (including phenoxy) is 1. The summed E-state index contributed by atoms with van der Waals surface area (Å²) >= 11 is 0. The standard InChI is InChI=1S/C19H30N4O.HI/c1-4-5-8-13-23(3)19(20-2)22-15-16-11-12-21-18(14-16)24-17-9-6-7-10-17;/h4,11-12,14,17H,1,5-10,13,15H2,2-3H3,(H,20,22);1H. The molecule has 1 aliphatic carbocycles. The van der Waals surface area contributed by atoms with Crippen LogP contribution in [0.3, 0.4) is 0 Å². The van der Waals surface area contributed by atoms with Crippen LogP contribution in [0.2, 0.25) is 0 Å². The maximum atomic E-state index is 5.97. The van der Waals surface area contributed by atoms with Gasteiger partial charge in [0.2, 0.25) is 5.88 Å². The number of pyridine rings is 1. The van der Waals surface area contributed by atoms with E-state index in [9.17, 15) is 0 Å². The summed E-state index contributed by atoms with van der Waals surface area (Å²) in [6.07, 6.45) is 11.0. The Labute approximate surface area is 169 Å². The minimum Gasteiger partial charge on any atom is -0.474 e. The molecule has 0 aromatic carbocycles. The minimum atomic E-state index is 0. The summed E-state index contributed by atoms with van der Waals surface area (Å²) in [5, 5.41) is 3.40. The predicted molar refractivity (Wildman–Crippen MR) is 115 cm³/mol. The van der Waals surface area contributed by atoms with E-state index >= 15 is 0 Å². The van der Waals surface area contributed by atoms with Crippen LogP contribution in [0, 0.1) is 0 Å². The third kappa shape index (κ3) is 7.63. The Morgan fingerprint density at radius 2 is 2.24 bits per heavy atom. The van der Waals surface area contributed by atoms with Gasteiger partial charge in [-0.15, -0.1) is 30.6 Å². The van der Waals surface area contributed by atoms with Crippen molar-refractivity contribution in [3.8, 4) is 5.88 Å². The lowest BCUT2D eigenvalue weighted by molar-refractivity contribution is 0.201. The van der Waals surface area contributed by atoms with Crippen molar-refractivity contribution in [2.24, 2.45) is 4.99 Å². The van der Waals surface area contributed by atoms with Crippen molar-refractivity contribution in [3.05, 3.63) is 36.5 Å². The molecule has 0 saturated heterocycles. The SMILES string of the molecule is C=CCCCN(C)C(=NC)NCc1ccnc(OC2CCCC2)c1.I. The normalized spacial score (nSPS) is 14.7. The van der Waals surface area contributed by atoms with Gasteiger partial charge >= 0.3 is 0 Å². The van der Waals surface area contributed by atoms with E-state index in [1.807, 2.05) is 31.5 Å². The summed E-state index contributed by atoms with van der Waals surface area (Å²) < 4.78 is 5.97. The molecule has 1 aromatic rings. The number of allylic oxidation sites excluding steroid dienone is 1. The fourth-order valence-corrected chi connectivity index (χ4v) is 2.95. The van der Waals surface area contributed by atoms with Crippen molar-refractivity contribution >= 4 is 29.9 Å². The molecule has 0 atom stereocenters. The highest BCUT2D eigenvalue weighted by molar-refractivity contribution is 14.0. The maximum Gasteiger partial charge on any atom is 0.213 e. The molecule has 0 radical (unpaired) electrons. The van der Waals surface area contributed by atoms with Gasteiger partial charge in [-0.2, -0.15) is 0 Å². The van der Waals surface area contributed by atoms with Crippen molar-refractivity contribution in [2.45, 2.75) is 51.2 Å². The maximum absolute atomic E-state index is 5.97. The Morgan fingerprint density at radius 1 is 1.48 bits per heavy atom. The summed E-state index contributed by atoms with van der Waals surface area (Å²) in [6.45, 7) is 5.43. The molecule has 1 aromatic heterocycles. The fourth-order valence-electron chi connectivity index (χ4n) is 2.95. The third-order valence-electron chi connectivity index (χ3n) is 4.31. The van der Waals surface area contributed by atoms with E-state index in [1.54, 1.807) is 0 Å². The largest absolute Gasteiger partial charge is 0.474 e. The van der Waals surface area contributed by atoms with Crippen LogP contribution >= 0.6 is 24.0 Å². The Bertz CT molecular complexity index is 544.